The maximum atomic E-state index is 12.7. The second-order valence-electron chi connectivity index (χ2n) is 5.74. The van der Waals surface area contributed by atoms with Gasteiger partial charge in [0.15, 0.2) is 0 Å². The molecule has 0 aromatic heterocycles. The van der Waals surface area contributed by atoms with Crippen LogP contribution in [0.3, 0.4) is 0 Å². The van der Waals surface area contributed by atoms with Gasteiger partial charge in [0, 0.05) is 6.04 Å². The van der Waals surface area contributed by atoms with Crippen molar-refractivity contribution in [3.05, 3.63) is 35.4 Å². The summed E-state index contributed by atoms with van der Waals surface area (Å²) in [7, 11) is 0. The van der Waals surface area contributed by atoms with E-state index in [2.05, 4.69) is 5.32 Å². The van der Waals surface area contributed by atoms with Crippen LogP contribution in [0.25, 0.3) is 0 Å². The quantitative estimate of drug-likeness (QED) is 0.808. The summed E-state index contributed by atoms with van der Waals surface area (Å²) < 4.78 is 38.0. The van der Waals surface area contributed by atoms with E-state index in [1.54, 1.807) is 6.07 Å². The molecule has 0 aliphatic heterocycles. The Balaban J connectivity index is 1.86. The molecular formula is C16H22F3N. The zero-order valence-corrected chi connectivity index (χ0v) is 11.8. The van der Waals surface area contributed by atoms with Gasteiger partial charge < -0.3 is 5.32 Å². The van der Waals surface area contributed by atoms with Gasteiger partial charge in [-0.2, -0.15) is 13.2 Å². The lowest BCUT2D eigenvalue weighted by atomic mass is 10.0. The Morgan fingerprint density at radius 1 is 1.25 bits per heavy atom. The molecule has 1 N–H and O–H groups in total. The summed E-state index contributed by atoms with van der Waals surface area (Å²) in [6.45, 7) is 2.80. The van der Waals surface area contributed by atoms with Crippen molar-refractivity contribution in [2.24, 2.45) is 5.92 Å². The monoisotopic (exact) mass is 285 g/mol. The molecule has 0 heterocycles. The van der Waals surface area contributed by atoms with Gasteiger partial charge in [-0.25, -0.2) is 0 Å². The Labute approximate surface area is 118 Å². The number of nitrogens with one attached hydrogen (secondary N) is 1. The van der Waals surface area contributed by atoms with Gasteiger partial charge in [-0.15, -0.1) is 0 Å². The van der Waals surface area contributed by atoms with Crippen molar-refractivity contribution in [3.8, 4) is 0 Å². The number of hydrogen-bond donors (Lipinski definition) is 1. The molecule has 20 heavy (non-hydrogen) atoms. The molecule has 1 aromatic rings. The van der Waals surface area contributed by atoms with E-state index in [0.717, 1.165) is 24.9 Å². The Kier molecular flexibility index (Phi) is 5.08. The normalized spacial score (nSPS) is 18.4. The predicted octanol–water partition coefficient (Wildman–Crippen LogP) is 4.94. The fraction of sp³-hybridized carbons (Fsp3) is 0.625. The Bertz CT molecular complexity index is 422. The van der Waals surface area contributed by atoms with Crippen molar-refractivity contribution in [1.29, 1.82) is 0 Å². The van der Waals surface area contributed by atoms with Crippen molar-refractivity contribution in [2.75, 3.05) is 6.54 Å². The lowest BCUT2D eigenvalue weighted by Crippen LogP contribution is -2.21. The third-order valence-electron chi connectivity index (χ3n) is 4.19. The fourth-order valence-electron chi connectivity index (χ4n) is 2.91. The molecule has 112 valence electrons. The highest BCUT2D eigenvalue weighted by Gasteiger charge is 2.30. The van der Waals surface area contributed by atoms with Crippen LogP contribution in [0.4, 0.5) is 13.2 Å². The summed E-state index contributed by atoms with van der Waals surface area (Å²) in [6.07, 6.45) is 2.13. The van der Waals surface area contributed by atoms with Gasteiger partial charge in [-0.05, 0) is 43.5 Å². The van der Waals surface area contributed by atoms with E-state index >= 15 is 0 Å². The van der Waals surface area contributed by atoms with Crippen molar-refractivity contribution < 1.29 is 13.2 Å². The molecule has 0 saturated heterocycles. The summed E-state index contributed by atoms with van der Waals surface area (Å²) in [5.74, 6) is 0.802. The first-order valence-electron chi connectivity index (χ1n) is 7.37. The smallest absolute Gasteiger partial charge is 0.310 e. The minimum atomic E-state index is -4.26. The summed E-state index contributed by atoms with van der Waals surface area (Å²) in [5, 5.41) is 3.34. The maximum Gasteiger partial charge on any atom is 0.416 e. The molecule has 0 spiro atoms. The lowest BCUT2D eigenvalue weighted by molar-refractivity contribution is -0.137. The van der Waals surface area contributed by atoms with Crippen LogP contribution in [0, 0.1) is 5.92 Å². The first kappa shape index (κ1) is 15.4. The number of rotatable bonds is 5. The Morgan fingerprint density at radius 3 is 2.60 bits per heavy atom. The Morgan fingerprint density at radius 2 is 1.95 bits per heavy atom. The molecule has 1 fully saturated rings. The van der Waals surface area contributed by atoms with Crippen molar-refractivity contribution in [1.82, 2.24) is 5.32 Å². The number of hydrogen-bond acceptors (Lipinski definition) is 1. The van der Waals surface area contributed by atoms with E-state index < -0.39 is 11.7 Å². The van der Waals surface area contributed by atoms with Crippen molar-refractivity contribution in [3.63, 3.8) is 0 Å². The van der Waals surface area contributed by atoms with E-state index in [1.807, 2.05) is 6.92 Å². The highest BCUT2D eigenvalue weighted by molar-refractivity contribution is 5.27. The van der Waals surface area contributed by atoms with Crippen LogP contribution in [0.5, 0.6) is 0 Å². The van der Waals surface area contributed by atoms with Crippen LogP contribution < -0.4 is 5.32 Å². The van der Waals surface area contributed by atoms with Crippen LogP contribution >= 0.6 is 0 Å². The summed E-state index contributed by atoms with van der Waals surface area (Å²) in [6, 6.07) is 5.55. The van der Waals surface area contributed by atoms with E-state index in [0.29, 0.717) is 5.56 Å². The third-order valence-corrected chi connectivity index (χ3v) is 4.19. The van der Waals surface area contributed by atoms with E-state index in [1.165, 1.54) is 37.8 Å². The maximum absolute atomic E-state index is 12.7. The molecule has 0 bridgehead atoms. The summed E-state index contributed by atoms with van der Waals surface area (Å²) >= 11 is 0. The predicted molar refractivity (Wildman–Crippen MR) is 74.4 cm³/mol. The standard InChI is InChI=1S/C16H22F3N/c1-12(20-10-9-13-5-2-3-6-13)14-7-4-8-15(11-14)16(17,18)19/h4,7-8,11-13,20H,2-3,5-6,9-10H2,1H3. The average molecular weight is 285 g/mol. The highest BCUT2D eigenvalue weighted by atomic mass is 19.4. The van der Waals surface area contributed by atoms with Crippen LogP contribution in [0.1, 0.15) is 56.2 Å². The highest BCUT2D eigenvalue weighted by Crippen LogP contribution is 2.31. The van der Waals surface area contributed by atoms with Crippen LogP contribution in [0.2, 0.25) is 0 Å². The van der Waals surface area contributed by atoms with Gasteiger partial charge in [-0.1, -0.05) is 37.8 Å². The van der Waals surface area contributed by atoms with Gasteiger partial charge in [0.05, 0.1) is 5.56 Å². The first-order valence-corrected chi connectivity index (χ1v) is 7.37. The molecule has 1 unspecified atom stereocenters. The van der Waals surface area contributed by atoms with Gasteiger partial charge in [0.1, 0.15) is 0 Å². The first-order chi connectivity index (χ1) is 9.47. The van der Waals surface area contributed by atoms with Gasteiger partial charge in [0.25, 0.3) is 0 Å². The van der Waals surface area contributed by atoms with Crippen molar-refractivity contribution in [2.45, 2.75) is 51.2 Å². The number of benzene rings is 1. The molecule has 0 radical (unpaired) electrons. The molecule has 1 atom stereocenters. The lowest BCUT2D eigenvalue weighted by Gasteiger charge is -2.17. The second-order valence-corrected chi connectivity index (χ2v) is 5.74. The molecule has 1 saturated carbocycles. The van der Waals surface area contributed by atoms with Gasteiger partial charge in [-0.3, -0.25) is 0 Å². The van der Waals surface area contributed by atoms with Crippen LogP contribution in [-0.2, 0) is 6.18 Å². The average Bonchev–Trinajstić information content (AvgIpc) is 2.91. The molecule has 0 amide bonds. The second kappa shape index (κ2) is 6.61. The largest absolute Gasteiger partial charge is 0.416 e. The van der Waals surface area contributed by atoms with Crippen molar-refractivity contribution >= 4 is 0 Å². The summed E-state index contributed by atoms with van der Waals surface area (Å²) in [5.41, 5.74) is 0.130. The fourth-order valence-corrected chi connectivity index (χ4v) is 2.91. The van der Waals surface area contributed by atoms with E-state index in [-0.39, 0.29) is 6.04 Å². The molecular weight excluding hydrogens is 263 g/mol. The van der Waals surface area contributed by atoms with Gasteiger partial charge >= 0.3 is 6.18 Å². The van der Waals surface area contributed by atoms with Gasteiger partial charge in [0.2, 0.25) is 0 Å². The molecule has 2 rings (SSSR count). The third kappa shape index (κ3) is 4.23. The summed E-state index contributed by atoms with van der Waals surface area (Å²) in [4.78, 5) is 0. The van der Waals surface area contributed by atoms with Crippen LogP contribution in [0.15, 0.2) is 24.3 Å². The number of halogens is 3. The molecule has 1 aliphatic rings. The zero-order chi connectivity index (χ0) is 14.6. The topological polar surface area (TPSA) is 12.0 Å². The molecule has 1 aliphatic carbocycles. The molecule has 1 nitrogen and oxygen atoms in total. The minimum Gasteiger partial charge on any atom is -0.310 e. The number of alkyl halides is 3. The molecule has 1 aromatic carbocycles. The molecule has 4 heteroatoms. The van der Waals surface area contributed by atoms with E-state index in [9.17, 15) is 13.2 Å². The SMILES string of the molecule is CC(NCCC1CCCC1)c1cccc(C(F)(F)F)c1. The van der Waals surface area contributed by atoms with E-state index in [4.69, 9.17) is 0 Å². The Hall–Kier alpha value is -1.03. The van der Waals surface area contributed by atoms with Crippen LogP contribution in [-0.4, -0.2) is 6.54 Å². The zero-order valence-electron chi connectivity index (χ0n) is 11.8. The minimum absolute atomic E-state index is 0.0429.